The summed E-state index contributed by atoms with van der Waals surface area (Å²) in [6, 6.07) is 4.16. The van der Waals surface area contributed by atoms with Gasteiger partial charge in [0.25, 0.3) is 5.91 Å². The molecule has 58 heavy (non-hydrogen) atoms. The van der Waals surface area contributed by atoms with Gasteiger partial charge >= 0.3 is 12.3 Å². The molecule has 0 bridgehead atoms. The maximum Gasteiger partial charge on any atom is 0.427 e. The van der Waals surface area contributed by atoms with Crippen molar-refractivity contribution in [3.63, 3.8) is 0 Å². The van der Waals surface area contributed by atoms with Gasteiger partial charge in [0.15, 0.2) is 0 Å². The summed E-state index contributed by atoms with van der Waals surface area (Å²) in [6.07, 6.45) is -2.94. The molecule has 320 valence electrons. The van der Waals surface area contributed by atoms with Gasteiger partial charge in [-0.2, -0.15) is 13.2 Å². The minimum atomic E-state index is -4.92. The molecule has 2 saturated carbocycles. The van der Waals surface area contributed by atoms with Gasteiger partial charge in [0.1, 0.15) is 40.9 Å². The number of amides is 4. The average Bonchev–Trinajstić information content (AvgIpc) is 4.05. The van der Waals surface area contributed by atoms with Crippen LogP contribution in [0.15, 0.2) is 30.5 Å². The fourth-order valence-corrected chi connectivity index (χ4v) is 9.56. The summed E-state index contributed by atoms with van der Waals surface area (Å²) < 4.78 is 98.2. The number of pyridine rings is 1. The van der Waals surface area contributed by atoms with E-state index in [0.717, 1.165) is 10.3 Å². The first kappa shape index (κ1) is 43.2. The van der Waals surface area contributed by atoms with Crippen LogP contribution in [0.5, 0.6) is 11.6 Å². The number of benzene rings is 1. The highest BCUT2D eigenvalue weighted by Crippen LogP contribution is 2.49. The first-order valence-electron chi connectivity index (χ1n) is 19.6. The molecule has 4 aliphatic rings. The largest absolute Gasteiger partial charge is 0.497 e. The van der Waals surface area contributed by atoms with E-state index in [2.05, 4.69) is 15.6 Å². The molecule has 0 spiro atoms. The van der Waals surface area contributed by atoms with Gasteiger partial charge in [0, 0.05) is 18.0 Å². The summed E-state index contributed by atoms with van der Waals surface area (Å²) in [5.41, 5.74) is -4.57. The maximum atomic E-state index is 14.7. The van der Waals surface area contributed by atoms with Crippen molar-refractivity contribution in [3.8, 4) is 11.6 Å². The summed E-state index contributed by atoms with van der Waals surface area (Å²) >= 11 is 0. The lowest BCUT2D eigenvalue weighted by atomic mass is 9.87. The van der Waals surface area contributed by atoms with E-state index in [0.29, 0.717) is 57.1 Å². The van der Waals surface area contributed by atoms with Crippen LogP contribution in [0.2, 0.25) is 0 Å². The number of alkyl carbamates (subject to hydrolysis) is 1. The van der Waals surface area contributed by atoms with Crippen LogP contribution in [0.1, 0.15) is 85.5 Å². The van der Waals surface area contributed by atoms with Gasteiger partial charge in [-0.15, -0.1) is 0 Å². The number of nitrogens with zero attached hydrogens (tertiary/aromatic N) is 2. The van der Waals surface area contributed by atoms with Gasteiger partial charge in [-0.05, 0) is 93.4 Å². The monoisotopic (exact) mass is 841 g/mol. The molecule has 7 atom stereocenters. The molecule has 1 aromatic heterocycles. The normalized spacial score (nSPS) is 29.2. The third-order valence-corrected chi connectivity index (χ3v) is 14.3. The van der Waals surface area contributed by atoms with Crippen molar-refractivity contribution in [3.05, 3.63) is 30.5 Å². The van der Waals surface area contributed by atoms with Crippen molar-refractivity contribution >= 4 is 44.6 Å². The first-order valence-corrected chi connectivity index (χ1v) is 21.0. The molecular weight excluding hydrogens is 791 g/mol. The quantitative estimate of drug-likeness (QED) is 0.288. The third kappa shape index (κ3) is 8.64. The van der Waals surface area contributed by atoms with Crippen LogP contribution in [-0.2, 0) is 29.1 Å². The van der Waals surface area contributed by atoms with Crippen LogP contribution in [0.4, 0.5) is 22.4 Å². The molecule has 4 fully saturated rings. The molecule has 6 rings (SSSR count). The minimum Gasteiger partial charge on any atom is -0.497 e. The predicted octanol–water partition coefficient (Wildman–Crippen LogP) is 5.09. The standard InChI is InChI=1S/C39H51F4N5O9S/c1-22-8-6-7-9-25-19-38(25,34(51)47-58(53,54)37(21-40)13-14-37)46-31(49)29-18-27(56-32-28-11-10-26(55-5)17-24(28)12-15-44-32)20-48(29)33(50)30(23(2)16-22)45-35(52)57-36(3,4)39(41,42)43/h10-12,15,17,22-23,25,27,29-30H,6-9,13-14,16,18-21H2,1-5H3,(H,45,52)(H,46,49)(H,47,51)/t22-,23-,25-,27-,29+,30+,38-/m1/s1. The molecule has 2 aliphatic heterocycles. The van der Waals surface area contributed by atoms with Gasteiger partial charge in [-0.1, -0.05) is 33.1 Å². The second kappa shape index (κ2) is 16.0. The van der Waals surface area contributed by atoms with Crippen molar-refractivity contribution in [1.29, 1.82) is 0 Å². The van der Waals surface area contributed by atoms with Crippen molar-refractivity contribution in [2.24, 2.45) is 17.8 Å². The Morgan fingerprint density at radius 1 is 1.07 bits per heavy atom. The van der Waals surface area contributed by atoms with E-state index >= 15 is 0 Å². The molecular formula is C39H51F4N5O9S. The minimum absolute atomic E-state index is 0.0195. The summed E-state index contributed by atoms with van der Waals surface area (Å²) in [4.78, 5) is 61.8. The van der Waals surface area contributed by atoms with Crippen LogP contribution < -0.4 is 24.8 Å². The van der Waals surface area contributed by atoms with Crippen LogP contribution in [0, 0.1) is 17.8 Å². The molecule has 14 nitrogen and oxygen atoms in total. The highest BCUT2D eigenvalue weighted by molar-refractivity contribution is 7.91. The van der Waals surface area contributed by atoms with Gasteiger partial charge in [0.05, 0.1) is 13.7 Å². The van der Waals surface area contributed by atoms with Gasteiger partial charge in [0.2, 0.25) is 33.3 Å². The summed E-state index contributed by atoms with van der Waals surface area (Å²) in [7, 11) is -2.92. The molecule has 2 aliphatic carbocycles. The Kier molecular flexibility index (Phi) is 11.9. The zero-order valence-electron chi connectivity index (χ0n) is 33.1. The van der Waals surface area contributed by atoms with E-state index in [4.69, 9.17) is 14.2 Å². The number of aromatic nitrogens is 1. The number of nitrogens with one attached hydrogen (secondary N) is 3. The predicted molar refractivity (Wildman–Crippen MR) is 202 cm³/mol. The Hall–Kier alpha value is -4.42. The van der Waals surface area contributed by atoms with Crippen molar-refractivity contribution in [2.45, 2.75) is 126 Å². The Labute approximate surface area is 334 Å². The number of carbonyl (C=O) groups is 4. The number of alkyl halides is 4. The number of rotatable bonds is 9. The molecule has 1 aromatic carbocycles. The topological polar surface area (TPSA) is 182 Å². The number of hydrogen-bond donors (Lipinski definition) is 3. The Morgan fingerprint density at radius 3 is 2.43 bits per heavy atom. The smallest absolute Gasteiger partial charge is 0.427 e. The lowest BCUT2D eigenvalue weighted by molar-refractivity contribution is -0.244. The number of fused-ring (bicyclic) bond motifs is 3. The Morgan fingerprint density at radius 2 is 1.78 bits per heavy atom. The Bertz CT molecular complexity index is 2030. The van der Waals surface area contributed by atoms with E-state index in [1.54, 1.807) is 31.2 Å². The average molecular weight is 842 g/mol. The fraction of sp³-hybridized carbons (Fsp3) is 0.667. The number of halogens is 4. The van der Waals surface area contributed by atoms with E-state index in [-0.39, 0.29) is 44.0 Å². The maximum absolute atomic E-state index is 14.7. The van der Waals surface area contributed by atoms with Crippen LogP contribution in [0.25, 0.3) is 10.8 Å². The number of hydrogen-bond acceptors (Lipinski definition) is 10. The van der Waals surface area contributed by atoms with E-state index in [9.17, 15) is 45.2 Å². The highest BCUT2D eigenvalue weighted by atomic mass is 32.2. The molecule has 3 N–H and O–H groups in total. The molecule has 19 heteroatoms. The SMILES string of the molecule is COc1ccc2c(O[C@@H]3C[C@H]4C(=O)N[C@]5(C(=O)NS(=O)(=O)C6(CF)CC6)C[C@H]5CCCC[C@@H](C)C[C@@H](C)[C@H](NC(=O)OC(C)(C)C(F)(F)F)C(=O)N4C3)nccc2c1. The molecule has 4 amide bonds. The first-order chi connectivity index (χ1) is 27.2. The molecule has 2 saturated heterocycles. The molecule has 0 unspecified atom stereocenters. The lowest BCUT2D eigenvalue weighted by Crippen LogP contribution is -2.60. The third-order valence-electron chi connectivity index (χ3n) is 12.2. The number of ether oxygens (including phenoxy) is 3. The Balaban J connectivity index is 1.34. The fourth-order valence-electron chi connectivity index (χ4n) is 8.13. The highest BCUT2D eigenvalue weighted by Gasteiger charge is 2.64. The zero-order valence-corrected chi connectivity index (χ0v) is 33.9. The number of sulfonamides is 1. The van der Waals surface area contributed by atoms with Crippen molar-refractivity contribution in [2.75, 3.05) is 20.3 Å². The number of methoxy groups -OCH3 is 1. The summed E-state index contributed by atoms with van der Waals surface area (Å²) in [6.45, 7) is 3.58. The summed E-state index contributed by atoms with van der Waals surface area (Å²) in [5, 5.41) is 6.46. The number of carbonyl (C=O) groups excluding carboxylic acids is 4. The molecule has 2 aromatic rings. The lowest BCUT2D eigenvalue weighted by Gasteiger charge is -2.34. The second-order valence-corrected chi connectivity index (χ2v) is 19.0. The second-order valence-electron chi connectivity index (χ2n) is 16.9. The van der Waals surface area contributed by atoms with E-state index < -0.39 is 92.6 Å². The van der Waals surface area contributed by atoms with Crippen molar-refractivity contribution in [1.82, 2.24) is 25.2 Å². The van der Waals surface area contributed by atoms with Crippen LogP contribution >= 0.6 is 0 Å². The van der Waals surface area contributed by atoms with Crippen LogP contribution in [-0.4, -0.2) is 103 Å². The van der Waals surface area contributed by atoms with Crippen molar-refractivity contribution < 1.29 is 59.4 Å². The van der Waals surface area contributed by atoms with E-state index in [1.165, 1.54) is 13.3 Å². The van der Waals surface area contributed by atoms with Crippen LogP contribution in [0.3, 0.4) is 0 Å². The molecule has 0 radical (unpaired) electrons. The van der Waals surface area contributed by atoms with E-state index in [1.807, 2.05) is 11.6 Å². The van der Waals surface area contributed by atoms with Gasteiger partial charge in [-0.3, -0.25) is 19.1 Å². The van der Waals surface area contributed by atoms with Gasteiger partial charge in [-0.25, -0.2) is 22.6 Å². The zero-order chi connectivity index (χ0) is 42.4. The molecule has 3 heterocycles. The summed E-state index contributed by atoms with van der Waals surface area (Å²) in [5.74, 6) is -2.97. The van der Waals surface area contributed by atoms with Gasteiger partial charge < -0.3 is 29.7 Å².